The van der Waals surface area contributed by atoms with E-state index in [9.17, 15) is 4.79 Å². The normalized spacial score (nSPS) is 15.2. The number of ketones is 1. The van der Waals surface area contributed by atoms with E-state index in [4.69, 9.17) is 0 Å². The van der Waals surface area contributed by atoms with Crippen LogP contribution < -0.4 is 5.32 Å². The molecule has 122 valence electrons. The van der Waals surface area contributed by atoms with Crippen LogP contribution in [0.2, 0.25) is 0 Å². The molecule has 23 heavy (non-hydrogen) atoms. The van der Waals surface area contributed by atoms with Crippen molar-refractivity contribution in [1.82, 2.24) is 14.9 Å². The van der Waals surface area contributed by atoms with Crippen LogP contribution in [0.4, 0.5) is 0 Å². The minimum Gasteiger partial charge on any atom is -0.345 e. The second-order valence-corrected chi connectivity index (χ2v) is 6.44. The Hall–Kier alpha value is -1.94. The van der Waals surface area contributed by atoms with Gasteiger partial charge in [0.05, 0.1) is 12.2 Å². The van der Waals surface area contributed by atoms with E-state index in [1.165, 1.54) is 31.4 Å². The van der Waals surface area contributed by atoms with Crippen LogP contribution >= 0.6 is 0 Å². The summed E-state index contributed by atoms with van der Waals surface area (Å²) in [5.41, 5.74) is 4.15. The summed E-state index contributed by atoms with van der Waals surface area (Å²) in [6.07, 6.45) is 6.85. The summed E-state index contributed by atoms with van der Waals surface area (Å²) in [5.74, 6) is 0.165. The van der Waals surface area contributed by atoms with Gasteiger partial charge in [-0.3, -0.25) is 9.78 Å². The fourth-order valence-electron chi connectivity index (χ4n) is 3.69. The van der Waals surface area contributed by atoms with E-state index < -0.39 is 0 Å². The maximum absolute atomic E-state index is 12.5. The van der Waals surface area contributed by atoms with Gasteiger partial charge in [-0.15, -0.1) is 0 Å². The molecule has 0 amide bonds. The van der Waals surface area contributed by atoms with Crippen LogP contribution in [0, 0.1) is 13.8 Å². The van der Waals surface area contributed by atoms with Gasteiger partial charge in [0, 0.05) is 35.7 Å². The molecule has 2 aromatic rings. The van der Waals surface area contributed by atoms with Gasteiger partial charge in [0.2, 0.25) is 0 Å². The van der Waals surface area contributed by atoms with Crippen molar-refractivity contribution in [2.24, 2.45) is 0 Å². The number of carbonyl (C=O) groups is 1. The molecule has 0 aromatic carbocycles. The van der Waals surface area contributed by atoms with Gasteiger partial charge in [-0.2, -0.15) is 0 Å². The molecule has 1 N–H and O–H groups in total. The van der Waals surface area contributed by atoms with Crippen molar-refractivity contribution in [3.8, 4) is 0 Å². The van der Waals surface area contributed by atoms with Gasteiger partial charge in [-0.05, 0) is 44.9 Å². The third-order valence-corrected chi connectivity index (χ3v) is 4.79. The molecule has 3 rings (SSSR count). The van der Waals surface area contributed by atoms with E-state index in [2.05, 4.69) is 34.8 Å². The maximum atomic E-state index is 12.5. The first kappa shape index (κ1) is 15.9. The predicted molar refractivity (Wildman–Crippen MR) is 91.7 cm³/mol. The number of hydrogen-bond donors (Lipinski definition) is 1. The summed E-state index contributed by atoms with van der Waals surface area (Å²) < 4.78 is 2.37. The minimum absolute atomic E-state index is 0.165. The fraction of sp³-hybridized carbons (Fsp3) is 0.474. The van der Waals surface area contributed by atoms with Gasteiger partial charge in [-0.25, -0.2) is 0 Å². The summed E-state index contributed by atoms with van der Waals surface area (Å²) in [6.45, 7) is 5.17. The van der Waals surface area contributed by atoms with Gasteiger partial charge in [-0.1, -0.05) is 18.9 Å². The smallest absolute Gasteiger partial charge is 0.178 e. The number of rotatable bonds is 6. The quantitative estimate of drug-likeness (QED) is 0.829. The summed E-state index contributed by atoms with van der Waals surface area (Å²) in [6, 6.07) is 8.45. The summed E-state index contributed by atoms with van der Waals surface area (Å²) in [4.78, 5) is 16.8. The molecule has 0 spiro atoms. The van der Waals surface area contributed by atoms with Crippen molar-refractivity contribution in [2.75, 3.05) is 6.54 Å². The molecule has 4 heteroatoms. The van der Waals surface area contributed by atoms with Crippen LogP contribution in [0.25, 0.3) is 0 Å². The van der Waals surface area contributed by atoms with E-state index in [1.54, 1.807) is 6.20 Å². The zero-order valence-corrected chi connectivity index (χ0v) is 14.0. The van der Waals surface area contributed by atoms with Gasteiger partial charge < -0.3 is 9.88 Å². The first-order valence-corrected chi connectivity index (χ1v) is 8.49. The molecule has 4 nitrogen and oxygen atoms in total. The van der Waals surface area contributed by atoms with E-state index in [0.717, 1.165) is 17.0 Å². The molecule has 1 aliphatic rings. The first-order valence-electron chi connectivity index (χ1n) is 8.49. The molecule has 0 atom stereocenters. The van der Waals surface area contributed by atoms with Crippen LogP contribution in [0.1, 0.15) is 59.2 Å². The Morgan fingerprint density at radius 1 is 1.30 bits per heavy atom. The second kappa shape index (κ2) is 7.09. The van der Waals surface area contributed by atoms with Gasteiger partial charge in [0.25, 0.3) is 0 Å². The molecule has 1 fully saturated rings. The number of Topliss-reactive ketones (excluding diaryl/α,β-unsaturated/α-hetero) is 1. The van der Waals surface area contributed by atoms with Crippen molar-refractivity contribution in [3.05, 3.63) is 53.1 Å². The molecule has 1 saturated carbocycles. The Labute approximate surface area is 137 Å². The number of aryl methyl sites for hydroxylation is 1. The van der Waals surface area contributed by atoms with Crippen molar-refractivity contribution in [1.29, 1.82) is 0 Å². The van der Waals surface area contributed by atoms with E-state index in [0.29, 0.717) is 19.1 Å². The van der Waals surface area contributed by atoms with Crippen LogP contribution in [0.5, 0.6) is 0 Å². The molecule has 1 aliphatic carbocycles. The lowest BCUT2D eigenvalue weighted by Gasteiger charge is -2.17. The van der Waals surface area contributed by atoms with Gasteiger partial charge in [0.15, 0.2) is 5.78 Å². The standard InChI is InChI=1S/C19H25N3O/c1-14-11-18(15(2)22(14)17-8-3-4-9-17)19(23)13-20-12-16-7-5-6-10-21-16/h5-7,10-11,17,20H,3-4,8-9,12-13H2,1-2H3. The van der Waals surface area contributed by atoms with Crippen molar-refractivity contribution in [2.45, 2.75) is 52.1 Å². The van der Waals surface area contributed by atoms with Crippen molar-refractivity contribution in [3.63, 3.8) is 0 Å². The van der Waals surface area contributed by atoms with E-state index in [1.807, 2.05) is 18.2 Å². The largest absolute Gasteiger partial charge is 0.345 e. The van der Waals surface area contributed by atoms with E-state index in [-0.39, 0.29) is 5.78 Å². The Kier molecular flexibility index (Phi) is 4.91. The topological polar surface area (TPSA) is 46.9 Å². The monoisotopic (exact) mass is 311 g/mol. The highest BCUT2D eigenvalue weighted by atomic mass is 16.1. The SMILES string of the molecule is Cc1cc(C(=O)CNCc2ccccn2)c(C)n1C1CCCC1. The molecule has 0 aliphatic heterocycles. The van der Waals surface area contributed by atoms with Crippen LogP contribution in [-0.4, -0.2) is 21.9 Å². The lowest BCUT2D eigenvalue weighted by Crippen LogP contribution is -2.23. The summed E-state index contributed by atoms with van der Waals surface area (Å²) in [7, 11) is 0. The Bertz CT molecular complexity index is 669. The third kappa shape index (κ3) is 3.53. The van der Waals surface area contributed by atoms with Crippen LogP contribution in [0.3, 0.4) is 0 Å². The Morgan fingerprint density at radius 3 is 2.78 bits per heavy atom. The van der Waals surface area contributed by atoms with Gasteiger partial charge in [0.1, 0.15) is 0 Å². The summed E-state index contributed by atoms with van der Waals surface area (Å²) in [5, 5.41) is 3.20. The Balaban J connectivity index is 1.64. The molecule has 0 bridgehead atoms. The fourth-order valence-corrected chi connectivity index (χ4v) is 3.69. The van der Waals surface area contributed by atoms with Crippen molar-refractivity contribution < 1.29 is 4.79 Å². The van der Waals surface area contributed by atoms with Gasteiger partial charge >= 0.3 is 0 Å². The Morgan fingerprint density at radius 2 is 2.09 bits per heavy atom. The zero-order chi connectivity index (χ0) is 16.2. The average molecular weight is 311 g/mol. The third-order valence-electron chi connectivity index (χ3n) is 4.79. The average Bonchev–Trinajstić information content (AvgIpc) is 3.16. The zero-order valence-electron chi connectivity index (χ0n) is 14.0. The predicted octanol–water partition coefficient (Wildman–Crippen LogP) is 3.59. The molecule has 0 saturated heterocycles. The highest BCUT2D eigenvalue weighted by Gasteiger charge is 2.23. The number of carbonyl (C=O) groups excluding carboxylic acids is 1. The highest BCUT2D eigenvalue weighted by molar-refractivity contribution is 5.99. The number of pyridine rings is 1. The minimum atomic E-state index is 0.165. The molecule has 2 aromatic heterocycles. The van der Waals surface area contributed by atoms with Crippen LogP contribution in [0.15, 0.2) is 30.5 Å². The number of nitrogens with one attached hydrogen (secondary N) is 1. The molecule has 0 radical (unpaired) electrons. The number of nitrogens with zero attached hydrogens (tertiary/aromatic N) is 2. The van der Waals surface area contributed by atoms with Crippen molar-refractivity contribution >= 4 is 5.78 Å². The second-order valence-electron chi connectivity index (χ2n) is 6.44. The molecule has 2 heterocycles. The highest BCUT2D eigenvalue weighted by Crippen LogP contribution is 2.33. The number of hydrogen-bond acceptors (Lipinski definition) is 3. The van der Waals surface area contributed by atoms with E-state index >= 15 is 0 Å². The molecular formula is C19H25N3O. The lowest BCUT2D eigenvalue weighted by atomic mass is 10.1. The molecular weight excluding hydrogens is 286 g/mol. The lowest BCUT2D eigenvalue weighted by molar-refractivity contribution is 0.0990. The number of aromatic nitrogens is 2. The first-order chi connectivity index (χ1) is 11.2. The van der Waals surface area contributed by atoms with Crippen LogP contribution in [-0.2, 0) is 6.54 Å². The molecule has 0 unspecified atom stereocenters. The maximum Gasteiger partial charge on any atom is 0.178 e. The summed E-state index contributed by atoms with van der Waals surface area (Å²) >= 11 is 0.